The van der Waals surface area contributed by atoms with Crippen molar-refractivity contribution in [3.8, 4) is 0 Å². The molecule has 0 saturated carbocycles. The van der Waals surface area contributed by atoms with Crippen LogP contribution in [0.15, 0.2) is 23.1 Å². The quantitative estimate of drug-likeness (QED) is 0.805. The lowest BCUT2D eigenvalue weighted by Crippen LogP contribution is -2.33. The molecule has 1 N–H and O–H groups in total. The summed E-state index contributed by atoms with van der Waals surface area (Å²) in [5.41, 5.74) is 0. The first kappa shape index (κ1) is 18.9. The Morgan fingerprint density at radius 2 is 2.11 bits per heavy atom. The van der Waals surface area contributed by atoms with Gasteiger partial charge in [-0.25, -0.2) is 0 Å². The van der Waals surface area contributed by atoms with Crippen LogP contribution in [-0.4, -0.2) is 43.7 Å². The minimum Gasteiger partial charge on any atom is -0.344 e. The summed E-state index contributed by atoms with van der Waals surface area (Å²) in [6.45, 7) is 1.48. The van der Waals surface area contributed by atoms with Gasteiger partial charge in [-0.05, 0) is 25.2 Å². The molecule has 7 heteroatoms. The van der Waals surface area contributed by atoms with E-state index in [9.17, 15) is 4.79 Å². The fourth-order valence-electron chi connectivity index (χ4n) is 1.24. The van der Waals surface area contributed by atoms with Gasteiger partial charge in [-0.15, -0.1) is 24.2 Å². The zero-order valence-corrected chi connectivity index (χ0v) is 13.9. The molecule has 0 aliphatic carbocycles. The van der Waals surface area contributed by atoms with Gasteiger partial charge in [-0.2, -0.15) is 0 Å². The maximum Gasteiger partial charge on any atom is 0.232 e. The molecule has 1 aromatic rings. The second kappa shape index (κ2) is 9.72. The van der Waals surface area contributed by atoms with Crippen molar-refractivity contribution < 1.29 is 4.79 Å². The van der Waals surface area contributed by atoms with E-state index in [-0.39, 0.29) is 18.3 Å². The molecule has 19 heavy (non-hydrogen) atoms. The molecule has 3 nitrogen and oxygen atoms in total. The van der Waals surface area contributed by atoms with E-state index in [4.69, 9.17) is 23.2 Å². The number of likely N-dealkylation sites (N-methyl/N-ethyl adjacent to an activating group) is 2. The van der Waals surface area contributed by atoms with Crippen LogP contribution in [0.5, 0.6) is 0 Å². The Hall–Kier alpha value is -0.130. The molecule has 0 atom stereocenters. The molecule has 0 fully saturated rings. The van der Waals surface area contributed by atoms with Crippen LogP contribution in [0.1, 0.15) is 0 Å². The zero-order valence-electron chi connectivity index (χ0n) is 10.8. The molecule has 0 saturated heterocycles. The van der Waals surface area contributed by atoms with Crippen LogP contribution in [0, 0.1) is 0 Å². The van der Waals surface area contributed by atoms with Crippen LogP contribution < -0.4 is 5.32 Å². The lowest BCUT2D eigenvalue weighted by molar-refractivity contribution is -0.127. The predicted molar refractivity (Wildman–Crippen MR) is 86.0 cm³/mol. The highest BCUT2D eigenvalue weighted by Crippen LogP contribution is 2.29. The molecule has 1 amide bonds. The molecule has 108 valence electrons. The molecule has 0 unspecified atom stereocenters. The molecule has 0 aliphatic heterocycles. The third kappa shape index (κ3) is 6.72. The van der Waals surface area contributed by atoms with E-state index in [0.717, 1.165) is 11.4 Å². The normalized spacial score (nSPS) is 9.89. The fourth-order valence-corrected chi connectivity index (χ4v) is 2.68. The van der Waals surface area contributed by atoms with Crippen molar-refractivity contribution in [2.75, 3.05) is 32.9 Å². The monoisotopic (exact) mass is 342 g/mol. The first-order chi connectivity index (χ1) is 8.54. The van der Waals surface area contributed by atoms with E-state index in [1.807, 2.05) is 7.05 Å². The lowest BCUT2D eigenvalue weighted by Gasteiger charge is -2.16. The van der Waals surface area contributed by atoms with E-state index in [1.165, 1.54) is 11.8 Å². The number of amides is 1. The van der Waals surface area contributed by atoms with Crippen molar-refractivity contribution in [2.24, 2.45) is 0 Å². The number of rotatable bonds is 6. The van der Waals surface area contributed by atoms with Crippen LogP contribution >= 0.6 is 47.4 Å². The Morgan fingerprint density at radius 3 is 2.74 bits per heavy atom. The number of halogens is 3. The van der Waals surface area contributed by atoms with Crippen LogP contribution in [0.2, 0.25) is 10.0 Å². The van der Waals surface area contributed by atoms with Gasteiger partial charge in [0.25, 0.3) is 0 Å². The SMILES string of the molecule is CNCCN(C)C(=O)CSc1cc(Cl)ccc1Cl.Cl. The minimum absolute atomic E-state index is 0. The number of hydrogen-bond donors (Lipinski definition) is 1. The van der Waals surface area contributed by atoms with Gasteiger partial charge in [-0.1, -0.05) is 23.2 Å². The van der Waals surface area contributed by atoms with E-state index < -0.39 is 0 Å². The summed E-state index contributed by atoms with van der Waals surface area (Å²) in [6, 6.07) is 5.24. The van der Waals surface area contributed by atoms with E-state index in [1.54, 1.807) is 30.1 Å². The van der Waals surface area contributed by atoms with Crippen molar-refractivity contribution in [1.29, 1.82) is 0 Å². The van der Waals surface area contributed by atoms with Gasteiger partial charge in [0, 0.05) is 30.1 Å². The van der Waals surface area contributed by atoms with Crippen LogP contribution in [0.4, 0.5) is 0 Å². The summed E-state index contributed by atoms with van der Waals surface area (Å²) < 4.78 is 0. The number of hydrogen-bond acceptors (Lipinski definition) is 3. The summed E-state index contributed by atoms with van der Waals surface area (Å²) >= 11 is 13.3. The molecule has 0 heterocycles. The Bertz CT molecular complexity index is 418. The number of carbonyl (C=O) groups excluding carboxylic acids is 1. The van der Waals surface area contributed by atoms with Crippen molar-refractivity contribution in [2.45, 2.75) is 4.90 Å². The van der Waals surface area contributed by atoms with Gasteiger partial charge < -0.3 is 10.2 Å². The van der Waals surface area contributed by atoms with Crippen LogP contribution in [-0.2, 0) is 4.79 Å². The number of carbonyl (C=O) groups is 1. The van der Waals surface area contributed by atoms with Crippen molar-refractivity contribution in [3.63, 3.8) is 0 Å². The Kier molecular flexibility index (Phi) is 9.66. The molecular weight excluding hydrogens is 327 g/mol. The summed E-state index contributed by atoms with van der Waals surface area (Å²) in [7, 11) is 3.65. The molecule has 0 aliphatic rings. The highest BCUT2D eigenvalue weighted by molar-refractivity contribution is 8.00. The number of nitrogens with one attached hydrogen (secondary N) is 1. The number of thioether (sulfide) groups is 1. The first-order valence-corrected chi connectivity index (χ1v) is 7.25. The topological polar surface area (TPSA) is 32.3 Å². The average Bonchev–Trinajstić information content (AvgIpc) is 2.36. The molecule has 1 aromatic carbocycles. The average molecular weight is 344 g/mol. The largest absolute Gasteiger partial charge is 0.344 e. The Labute approximate surface area is 134 Å². The standard InChI is InChI=1S/C12H16Cl2N2OS.ClH/c1-15-5-6-16(2)12(17)8-18-11-7-9(13)3-4-10(11)14;/h3-4,7,15H,5-6,8H2,1-2H3;1H. The van der Waals surface area contributed by atoms with E-state index >= 15 is 0 Å². The molecule has 0 spiro atoms. The lowest BCUT2D eigenvalue weighted by atomic mass is 10.4. The molecule has 1 rings (SSSR count). The predicted octanol–water partition coefficient (Wildman–Crippen LogP) is 3.19. The highest BCUT2D eigenvalue weighted by Gasteiger charge is 2.10. The summed E-state index contributed by atoms with van der Waals surface area (Å²) in [6.07, 6.45) is 0. The smallest absolute Gasteiger partial charge is 0.232 e. The van der Waals surface area contributed by atoms with Crippen LogP contribution in [0.3, 0.4) is 0 Å². The fraction of sp³-hybridized carbons (Fsp3) is 0.417. The van der Waals surface area contributed by atoms with E-state index in [0.29, 0.717) is 22.3 Å². The van der Waals surface area contributed by atoms with Crippen molar-refractivity contribution in [1.82, 2.24) is 10.2 Å². The molecular formula is C12H17Cl3N2OS. The van der Waals surface area contributed by atoms with Crippen LogP contribution in [0.25, 0.3) is 0 Å². The zero-order chi connectivity index (χ0) is 13.5. The summed E-state index contributed by atoms with van der Waals surface area (Å²) in [4.78, 5) is 14.3. The van der Waals surface area contributed by atoms with Gasteiger partial charge in [0.2, 0.25) is 5.91 Å². The minimum atomic E-state index is 0. The second-order valence-corrected chi connectivity index (χ2v) is 5.64. The first-order valence-electron chi connectivity index (χ1n) is 5.51. The van der Waals surface area contributed by atoms with E-state index in [2.05, 4.69) is 5.32 Å². The van der Waals surface area contributed by atoms with Gasteiger partial charge in [0.15, 0.2) is 0 Å². The maximum atomic E-state index is 11.8. The van der Waals surface area contributed by atoms with Crippen molar-refractivity contribution >= 4 is 53.3 Å². The van der Waals surface area contributed by atoms with Gasteiger partial charge in [0.1, 0.15) is 0 Å². The summed E-state index contributed by atoms with van der Waals surface area (Å²) in [5.74, 6) is 0.437. The molecule has 0 aromatic heterocycles. The number of nitrogens with zero attached hydrogens (tertiary/aromatic N) is 1. The van der Waals surface area contributed by atoms with Gasteiger partial charge in [-0.3, -0.25) is 4.79 Å². The Balaban J connectivity index is 0.00000324. The van der Waals surface area contributed by atoms with Gasteiger partial charge in [0.05, 0.1) is 10.8 Å². The summed E-state index contributed by atoms with van der Waals surface area (Å²) in [5, 5.41) is 4.25. The molecule has 0 radical (unpaired) electrons. The number of benzene rings is 1. The second-order valence-electron chi connectivity index (χ2n) is 3.78. The molecule has 0 bridgehead atoms. The highest BCUT2D eigenvalue weighted by atomic mass is 35.5. The third-order valence-electron chi connectivity index (χ3n) is 2.37. The Morgan fingerprint density at radius 1 is 1.42 bits per heavy atom. The van der Waals surface area contributed by atoms with Crippen molar-refractivity contribution in [3.05, 3.63) is 28.2 Å². The third-order valence-corrected chi connectivity index (χ3v) is 4.08. The maximum absolute atomic E-state index is 11.8. The van der Waals surface area contributed by atoms with Gasteiger partial charge >= 0.3 is 0 Å².